The molecule has 1 unspecified atom stereocenters. The molecule has 1 saturated heterocycles. The second-order valence-electron chi connectivity index (χ2n) is 7.82. The fraction of sp³-hybridized carbons (Fsp3) is 0.292. The Morgan fingerprint density at radius 3 is 2.61 bits per heavy atom. The summed E-state index contributed by atoms with van der Waals surface area (Å²) in [6.07, 6.45) is 3.32. The summed E-state index contributed by atoms with van der Waals surface area (Å²) in [4.78, 5) is 43.8. The number of anilines is 2. The van der Waals surface area contributed by atoms with Gasteiger partial charge in [-0.25, -0.2) is 4.79 Å². The zero-order chi connectivity index (χ0) is 23.4. The van der Waals surface area contributed by atoms with Gasteiger partial charge in [-0.2, -0.15) is 0 Å². The van der Waals surface area contributed by atoms with Crippen molar-refractivity contribution in [1.29, 1.82) is 0 Å². The molecule has 0 saturated carbocycles. The molecule has 1 aromatic heterocycles. The molecule has 8 nitrogen and oxygen atoms in total. The molecule has 2 heterocycles. The summed E-state index contributed by atoms with van der Waals surface area (Å²) in [6.45, 7) is 0.935. The normalized spacial score (nSPS) is 15.5. The molecule has 1 atom stereocenters. The van der Waals surface area contributed by atoms with Crippen molar-refractivity contribution in [3.05, 3.63) is 86.6 Å². The predicted molar refractivity (Wildman–Crippen MR) is 130 cm³/mol. The Balaban J connectivity index is 1.82. The number of carbonyl (C=O) groups is 1. The minimum Gasteiger partial charge on any atom is -0.383 e. The number of nitrogens with one attached hydrogen (secondary N) is 1. The fourth-order valence-electron chi connectivity index (χ4n) is 4.00. The minimum atomic E-state index is -0.699. The number of nitrogens with zero attached hydrogens (tertiary/aromatic N) is 2. The molecule has 3 aromatic rings. The van der Waals surface area contributed by atoms with E-state index in [9.17, 15) is 14.4 Å². The van der Waals surface area contributed by atoms with Crippen LogP contribution in [-0.4, -0.2) is 41.0 Å². The highest BCUT2D eigenvalue weighted by Gasteiger charge is 2.30. The van der Waals surface area contributed by atoms with E-state index in [2.05, 4.69) is 4.98 Å². The Morgan fingerprint density at radius 2 is 1.91 bits per heavy atom. The minimum absolute atomic E-state index is 0.0399. The molecule has 1 fully saturated rings. The van der Waals surface area contributed by atoms with Crippen molar-refractivity contribution < 1.29 is 9.53 Å². The van der Waals surface area contributed by atoms with Crippen LogP contribution >= 0.6 is 11.8 Å². The first-order chi connectivity index (χ1) is 16.0. The Morgan fingerprint density at radius 1 is 1.18 bits per heavy atom. The molecule has 33 heavy (non-hydrogen) atoms. The molecule has 4 rings (SSSR count). The quantitative estimate of drug-likeness (QED) is 0.518. The third-order valence-electron chi connectivity index (χ3n) is 5.66. The molecule has 0 spiro atoms. The number of rotatable bonds is 7. The first-order valence-corrected chi connectivity index (χ1v) is 11.9. The highest BCUT2D eigenvalue weighted by atomic mass is 32.2. The second-order valence-corrected chi connectivity index (χ2v) is 8.66. The molecule has 2 aromatic carbocycles. The topological polar surface area (TPSA) is 110 Å². The number of hydrogen-bond acceptors (Lipinski definition) is 6. The van der Waals surface area contributed by atoms with E-state index in [-0.39, 0.29) is 36.6 Å². The van der Waals surface area contributed by atoms with E-state index < -0.39 is 11.2 Å². The Labute approximate surface area is 195 Å². The van der Waals surface area contributed by atoms with Crippen LogP contribution in [0.15, 0.2) is 69.1 Å². The van der Waals surface area contributed by atoms with Crippen LogP contribution in [0.1, 0.15) is 28.8 Å². The van der Waals surface area contributed by atoms with Gasteiger partial charge in [0, 0.05) is 11.5 Å². The van der Waals surface area contributed by atoms with Crippen LogP contribution < -0.4 is 21.9 Å². The largest absolute Gasteiger partial charge is 0.383 e. The standard InChI is InChI=1S/C24H26N4O4S/c1-33-19-12-6-5-11-18(19)23(30)27(15-17-10-7-13-32-17)20-21(25)28(24(31)26-22(20)29)14-16-8-3-2-4-9-16/h2-6,8-9,11-12,17H,7,10,13-15,25H2,1H3,(H,26,29,31). The lowest BCUT2D eigenvalue weighted by atomic mass is 10.1. The van der Waals surface area contributed by atoms with Crippen LogP contribution in [0, 0.1) is 0 Å². The van der Waals surface area contributed by atoms with Crippen molar-refractivity contribution in [2.75, 3.05) is 30.0 Å². The lowest BCUT2D eigenvalue weighted by molar-refractivity contribution is 0.0914. The van der Waals surface area contributed by atoms with Gasteiger partial charge < -0.3 is 10.5 Å². The van der Waals surface area contributed by atoms with Gasteiger partial charge in [0.2, 0.25) is 0 Å². The maximum absolute atomic E-state index is 13.7. The monoisotopic (exact) mass is 466 g/mol. The van der Waals surface area contributed by atoms with Gasteiger partial charge in [-0.3, -0.25) is 24.0 Å². The molecular formula is C24H26N4O4S. The van der Waals surface area contributed by atoms with E-state index in [1.807, 2.05) is 48.7 Å². The van der Waals surface area contributed by atoms with Gasteiger partial charge in [-0.05, 0) is 36.8 Å². The number of hydrogen-bond donors (Lipinski definition) is 2. The highest BCUT2D eigenvalue weighted by molar-refractivity contribution is 7.98. The summed E-state index contributed by atoms with van der Waals surface area (Å²) in [5, 5.41) is 0. The van der Waals surface area contributed by atoms with Crippen molar-refractivity contribution in [3.63, 3.8) is 0 Å². The number of H-pyrrole nitrogens is 1. The van der Waals surface area contributed by atoms with Crippen LogP contribution in [0.2, 0.25) is 0 Å². The summed E-state index contributed by atoms with van der Waals surface area (Å²) < 4.78 is 7.04. The predicted octanol–water partition coefficient (Wildman–Crippen LogP) is 2.71. The van der Waals surface area contributed by atoms with Crippen molar-refractivity contribution in [3.8, 4) is 0 Å². The van der Waals surface area contributed by atoms with Crippen LogP contribution in [-0.2, 0) is 11.3 Å². The Hall–Kier alpha value is -3.30. The molecule has 3 N–H and O–H groups in total. The summed E-state index contributed by atoms with van der Waals surface area (Å²) in [7, 11) is 0. The average Bonchev–Trinajstić information content (AvgIpc) is 3.34. The van der Waals surface area contributed by atoms with Crippen molar-refractivity contribution >= 4 is 29.2 Å². The van der Waals surface area contributed by atoms with E-state index in [1.165, 1.54) is 21.2 Å². The number of ether oxygens (including phenoxy) is 1. The number of nitrogen functional groups attached to an aromatic ring is 1. The van der Waals surface area contributed by atoms with E-state index in [0.717, 1.165) is 23.3 Å². The Kier molecular flexibility index (Phi) is 7.00. The highest BCUT2D eigenvalue weighted by Crippen LogP contribution is 2.27. The van der Waals surface area contributed by atoms with E-state index in [4.69, 9.17) is 10.5 Å². The van der Waals surface area contributed by atoms with Crippen molar-refractivity contribution in [2.24, 2.45) is 0 Å². The number of aromatic nitrogens is 2. The van der Waals surface area contributed by atoms with Gasteiger partial charge in [0.25, 0.3) is 11.5 Å². The van der Waals surface area contributed by atoms with Gasteiger partial charge in [-0.15, -0.1) is 11.8 Å². The lowest BCUT2D eigenvalue weighted by Gasteiger charge is -2.27. The average molecular weight is 467 g/mol. The summed E-state index contributed by atoms with van der Waals surface area (Å²) in [5.41, 5.74) is 6.33. The summed E-state index contributed by atoms with van der Waals surface area (Å²) in [6, 6.07) is 16.5. The van der Waals surface area contributed by atoms with Gasteiger partial charge in [0.1, 0.15) is 5.82 Å². The number of amides is 1. The van der Waals surface area contributed by atoms with Crippen LogP contribution in [0.3, 0.4) is 0 Å². The molecule has 1 aliphatic heterocycles. The van der Waals surface area contributed by atoms with Crippen LogP contribution in [0.5, 0.6) is 0 Å². The molecule has 9 heteroatoms. The van der Waals surface area contributed by atoms with Gasteiger partial charge in [-0.1, -0.05) is 42.5 Å². The number of aromatic amines is 1. The maximum Gasteiger partial charge on any atom is 0.330 e. The number of carbonyl (C=O) groups excluding carboxylic acids is 1. The van der Waals surface area contributed by atoms with E-state index >= 15 is 0 Å². The molecule has 0 bridgehead atoms. The first kappa shape index (κ1) is 22.9. The van der Waals surface area contributed by atoms with E-state index in [1.54, 1.807) is 12.1 Å². The van der Waals surface area contributed by atoms with Gasteiger partial charge >= 0.3 is 5.69 Å². The first-order valence-electron chi connectivity index (χ1n) is 10.7. The SMILES string of the molecule is CSc1ccccc1C(=O)N(CC1CCCO1)c1c(N)n(Cc2ccccc2)c(=O)[nH]c1=O. The maximum atomic E-state index is 13.7. The van der Waals surface area contributed by atoms with Crippen molar-refractivity contribution in [2.45, 2.75) is 30.4 Å². The Bertz CT molecular complexity index is 1250. The number of benzene rings is 2. The molecular weight excluding hydrogens is 440 g/mol. The zero-order valence-corrected chi connectivity index (χ0v) is 19.1. The number of nitrogens with two attached hydrogens (primary N) is 1. The van der Waals surface area contributed by atoms with E-state index in [0.29, 0.717) is 12.2 Å². The summed E-state index contributed by atoms with van der Waals surface area (Å²) >= 11 is 1.44. The van der Waals surface area contributed by atoms with Crippen LogP contribution in [0.4, 0.5) is 11.5 Å². The second kappa shape index (κ2) is 10.1. The smallest absolute Gasteiger partial charge is 0.330 e. The molecule has 1 amide bonds. The molecule has 0 aliphatic carbocycles. The number of thioether (sulfide) groups is 1. The van der Waals surface area contributed by atoms with Crippen LogP contribution in [0.25, 0.3) is 0 Å². The zero-order valence-electron chi connectivity index (χ0n) is 18.3. The third kappa shape index (κ3) is 4.89. The molecule has 1 aliphatic rings. The van der Waals surface area contributed by atoms with Gasteiger partial charge in [0.05, 0.1) is 24.8 Å². The molecule has 172 valence electrons. The van der Waals surface area contributed by atoms with Gasteiger partial charge in [0.15, 0.2) is 5.69 Å². The fourth-order valence-corrected chi connectivity index (χ4v) is 4.59. The summed E-state index contributed by atoms with van der Waals surface area (Å²) in [5.74, 6) is -0.418. The lowest BCUT2D eigenvalue weighted by Crippen LogP contribution is -2.44. The van der Waals surface area contributed by atoms with Crippen molar-refractivity contribution in [1.82, 2.24) is 9.55 Å². The molecule has 0 radical (unpaired) electrons. The third-order valence-corrected chi connectivity index (χ3v) is 6.46.